The molecule has 3 heterocycles. The van der Waals surface area contributed by atoms with Gasteiger partial charge in [-0.2, -0.15) is 0 Å². The molecule has 5 rings (SSSR count). The number of carbonyl (C=O) groups is 1. The molecule has 1 amide bonds. The number of rotatable bonds is 9. The van der Waals surface area contributed by atoms with Crippen LogP contribution in [0.3, 0.4) is 0 Å². The van der Waals surface area contributed by atoms with E-state index in [9.17, 15) is 9.59 Å². The Bertz CT molecular complexity index is 1450. The first kappa shape index (κ1) is 36.0. The molecule has 0 atom stereocenters. The zero-order valence-electron chi connectivity index (χ0n) is 26.2. The number of morpholine rings is 1. The summed E-state index contributed by atoms with van der Waals surface area (Å²) in [5.41, 5.74) is 8.11. The number of nitrogens with zero attached hydrogens (tertiary/aromatic N) is 2. The molecular formula is C34H46Br2N4O4. The minimum absolute atomic E-state index is 0. The zero-order valence-corrected chi connectivity index (χ0v) is 29.7. The van der Waals surface area contributed by atoms with Crippen molar-refractivity contribution in [3.05, 3.63) is 86.3 Å². The van der Waals surface area contributed by atoms with E-state index in [1.54, 1.807) is 0 Å². The minimum atomic E-state index is -0.179. The molecule has 240 valence electrons. The summed E-state index contributed by atoms with van der Waals surface area (Å²) in [6.07, 6.45) is 1.93. The van der Waals surface area contributed by atoms with Gasteiger partial charge in [0.15, 0.2) is 0 Å². The molecule has 10 heteroatoms. The van der Waals surface area contributed by atoms with E-state index in [0.717, 1.165) is 99.1 Å². The van der Waals surface area contributed by atoms with E-state index in [1.807, 2.05) is 32.9 Å². The molecular weight excluding hydrogens is 688 g/mol. The summed E-state index contributed by atoms with van der Waals surface area (Å²) in [7, 11) is 0. The minimum Gasteiger partial charge on any atom is -0.381 e. The van der Waals surface area contributed by atoms with Crippen LogP contribution in [0.1, 0.15) is 58.1 Å². The second kappa shape index (κ2) is 16.7. The van der Waals surface area contributed by atoms with E-state index in [2.05, 4.69) is 57.4 Å². The van der Waals surface area contributed by atoms with Gasteiger partial charge in [0.1, 0.15) is 0 Å². The molecule has 0 aliphatic carbocycles. The Kier molecular flexibility index (Phi) is 13.7. The van der Waals surface area contributed by atoms with Crippen LogP contribution >= 0.6 is 34.0 Å². The number of aromatic amines is 1. The summed E-state index contributed by atoms with van der Waals surface area (Å²) in [6.45, 7) is 14.9. The summed E-state index contributed by atoms with van der Waals surface area (Å²) >= 11 is 0. The van der Waals surface area contributed by atoms with Gasteiger partial charge in [0.2, 0.25) is 0 Å². The molecule has 0 unspecified atom stereocenters. The summed E-state index contributed by atoms with van der Waals surface area (Å²) in [4.78, 5) is 34.0. The monoisotopic (exact) mass is 732 g/mol. The molecule has 2 aromatic carbocycles. The largest absolute Gasteiger partial charge is 0.381 e. The molecule has 3 aromatic rings. The number of aromatic nitrogens is 1. The molecule has 2 aliphatic heterocycles. The number of nitrogens with one attached hydrogen (secondary N) is 2. The number of ether oxygens (including phenoxy) is 2. The van der Waals surface area contributed by atoms with Crippen LogP contribution in [0.5, 0.6) is 0 Å². The van der Waals surface area contributed by atoms with Crippen LogP contribution < -0.4 is 15.8 Å². The van der Waals surface area contributed by atoms with Crippen molar-refractivity contribution in [1.82, 2.24) is 15.2 Å². The van der Waals surface area contributed by atoms with Gasteiger partial charge in [0.05, 0.1) is 13.2 Å². The zero-order chi connectivity index (χ0) is 29.6. The van der Waals surface area contributed by atoms with Gasteiger partial charge < -0.3 is 24.7 Å². The lowest BCUT2D eigenvalue weighted by Crippen LogP contribution is -2.40. The van der Waals surface area contributed by atoms with Crippen LogP contribution in [0.2, 0.25) is 0 Å². The number of amides is 1. The summed E-state index contributed by atoms with van der Waals surface area (Å²) in [6, 6.07) is 15.2. The van der Waals surface area contributed by atoms with E-state index in [0.29, 0.717) is 17.2 Å². The fourth-order valence-electron chi connectivity index (χ4n) is 6.21. The Hall–Kier alpha value is -2.50. The summed E-state index contributed by atoms with van der Waals surface area (Å²) in [5.74, 6) is -0.179. The number of hydrogen-bond acceptors (Lipinski definition) is 6. The lowest BCUT2D eigenvalue weighted by molar-refractivity contribution is 0.0342. The number of carbonyl (C=O) groups excluding carboxylic acids is 1. The maximum atomic E-state index is 13.7. The maximum absolute atomic E-state index is 13.7. The molecule has 2 fully saturated rings. The van der Waals surface area contributed by atoms with Crippen LogP contribution in [-0.2, 0) is 22.6 Å². The van der Waals surface area contributed by atoms with E-state index >= 15 is 0 Å². The number of aryl methyl sites for hydroxylation is 2. The lowest BCUT2D eigenvalue weighted by Gasteiger charge is -2.37. The lowest BCUT2D eigenvalue weighted by atomic mass is 9.94. The van der Waals surface area contributed by atoms with Gasteiger partial charge in [-0.1, -0.05) is 24.3 Å². The first-order valence-electron chi connectivity index (χ1n) is 15.2. The Labute approximate surface area is 282 Å². The predicted molar refractivity (Wildman–Crippen MR) is 188 cm³/mol. The molecule has 2 saturated heterocycles. The quantitative estimate of drug-likeness (QED) is 0.286. The smallest absolute Gasteiger partial charge is 0.253 e. The molecule has 0 radical (unpaired) electrons. The Balaban J connectivity index is 0.00000264. The fourth-order valence-corrected chi connectivity index (χ4v) is 6.21. The average molecular weight is 735 g/mol. The van der Waals surface area contributed by atoms with Crippen molar-refractivity contribution in [2.24, 2.45) is 0 Å². The van der Waals surface area contributed by atoms with E-state index in [1.165, 1.54) is 5.56 Å². The molecule has 0 spiro atoms. The number of benzene rings is 2. The van der Waals surface area contributed by atoms with Gasteiger partial charge >= 0.3 is 0 Å². The SMILES string of the molecule is Br.Br.CCN(c1cc(-c2ccc(CN3CCOCC3)cc2)cc(C(=O)NCc2c(C)cc(C)[nH]c2=O)c1C)C1CCOCC1. The van der Waals surface area contributed by atoms with Gasteiger partial charge in [0, 0.05) is 74.5 Å². The number of H-pyrrole nitrogens is 1. The molecule has 2 aliphatic rings. The van der Waals surface area contributed by atoms with Gasteiger partial charge in [-0.15, -0.1) is 34.0 Å². The topological polar surface area (TPSA) is 86.9 Å². The Morgan fingerprint density at radius 1 is 0.955 bits per heavy atom. The summed E-state index contributed by atoms with van der Waals surface area (Å²) < 4.78 is 11.1. The second-order valence-electron chi connectivity index (χ2n) is 11.5. The van der Waals surface area contributed by atoms with E-state index < -0.39 is 0 Å². The third kappa shape index (κ3) is 8.60. The first-order chi connectivity index (χ1) is 20.3. The fraction of sp³-hybridized carbons (Fsp3) is 0.471. The number of anilines is 1. The average Bonchev–Trinajstić information content (AvgIpc) is 2.99. The van der Waals surface area contributed by atoms with Crippen molar-refractivity contribution in [1.29, 1.82) is 0 Å². The second-order valence-corrected chi connectivity index (χ2v) is 11.5. The highest BCUT2D eigenvalue weighted by molar-refractivity contribution is 8.93. The molecule has 1 aromatic heterocycles. The third-order valence-corrected chi connectivity index (χ3v) is 8.62. The van der Waals surface area contributed by atoms with Gasteiger partial charge in [-0.3, -0.25) is 14.5 Å². The highest BCUT2D eigenvalue weighted by Crippen LogP contribution is 2.34. The highest BCUT2D eigenvalue weighted by Gasteiger charge is 2.25. The first-order valence-corrected chi connectivity index (χ1v) is 15.2. The molecule has 0 saturated carbocycles. The Morgan fingerprint density at radius 3 is 2.25 bits per heavy atom. The molecule has 0 bridgehead atoms. The van der Waals surface area contributed by atoms with Gasteiger partial charge in [-0.25, -0.2) is 0 Å². The predicted octanol–water partition coefficient (Wildman–Crippen LogP) is 5.89. The van der Waals surface area contributed by atoms with Crippen molar-refractivity contribution < 1.29 is 14.3 Å². The molecule has 44 heavy (non-hydrogen) atoms. The van der Waals surface area contributed by atoms with Gasteiger partial charge in [-0.05, 0) is 86.6 Å². The van der Waals surface area contributed by atoms with Gasteiger partial charge in [0.25, 0.3) is 11.5 Å². The maximum Gasteiger partial charge on any atom is 0.253 e. The van der Waals surface area contributed by atoms with Crippen molar-refractivity contribution in [2.45, 2.75) is 59.7 Å². The van der Waals surface area contributed by atoms with Crippen LogP contribution in [-0.4, -0.2) is 67.9 Å². The van der Waals surface area contributed by atoms with E-state index in [4.69, 9.17) is 9.47 Å². The molecule has 8 nitrogen and oxygen atoms in total. The standard InChI is InChI=1S/C34H44N4O4.2BrH/c1-5-38(29-10-14-41-15-11-29)32-20-28(27-8-6-26(7-9-27)22-37-12-16-42-17-13-37)19-30(25(32)4)33(39)35-21-31-23(2)18-24(3)36-34(31)40;;/h6-9,18-20,29H,5,10-17,21-22H2,1-4H3,(H,35,39)(H,36,40);2*1H. The van der Waals surface area contributed by atoms with Crippen molar-refractivity contribution in [3.8, 4) is 11.1 Å². The van der Waals surface area contributed by atoms with Crippen LogP contribution in [0.15, 0.2) is 47.3 Å². The highest BCUT2D eigenvalue weighted by atomic mass is 79.9. The molecule has 2 N–H and O–H groups in total. The van der Waals surface area contributed by atoms with Crippen molar-refractivity contribution in [2.75, 3.05) is 51.0 Å². The van der Waals surface area contributed by atoms with Crippen LogP contribution in [0.25, 0.3) is 11.1 Å². The number of pyridine rings is 1. The van der Waals surface area contributed by atoms with Crippen molar-refractivity contribution in [3.63, 3.8) is 0 Å². The van der Waals surface area contributed by atoms with Crippen molar-refractivity contribution >= 4 is 45.6 Å². The number of hydrogen-bond donors (Lipinski definition) is 2. The van der Waals surface area contributed by atoms with Crippen LogP contribution in [0.4, 0.5) is 5.69 Å². The normalized spacial score (nSPS) is 15.6. The van der Waals surface area contributed by atoms with E-state index in [-0.39, 0.29) is 52.0 Å². The number of halogens is 2. The summed E-state index contributed by atoms with van der Waals surface area (Å²) in [5, 5.41) is 3.04. The Morgan fingerprint density at radius 2 is 1.61 bits per heavy atom. The third-order valence-electron chi connectivity index (χ3n) is 8.62. The van der Waals surface area contributed by atoms with Crippen LogP contribution in [0, 0.1) is 20.8 Å².